The van der Waals surface area contributed by atoms with Gasteiger partial charge >= 0.3 is 0 Å². The van der Waals surface area contributed by atoms with Crippen LogP contribution in [0.3, 0.4) is 0 Å². The second-order valence-electron chi connectivity index (χ2n) is 5.37. The summed E-state index contributed by atoms with van der Waals surface area (Å²) in [5.74, 6) is 0. The lowest BCUT2D eigenvalue weighted by molar-refractivity contribution is 0.333. The quantitative estimate of drug-likeness (QED) is 0.729. The van der Waals surface area contributed by atoms with Crippen molar-refractivity contribution in [3.8, 4) is 0 Å². The summed E-state index contributed by atoms with van der Waals surface area (Å²) in [6.07, 6.45) is 3.34. The number of rotatable bonds is 0. The molecule has 2 heterocycles. The molecule has 2 nitrogen and oxygen atoms in total. The first-order valence-corrected chi connectivity index (χ1v) is 6.25. The van der Waals surface area contributed by atoms with Crippen molar-refractivity contribution in [3.05, 3.63) is 41.1 Å². The van der Waals surface area contributed by atoms with E-state index in [-0.39, 0.29) is 0 Å². The second-order valence-corrected chi connectivity index (χ2v) is 5.37. The highest BCUT2D eigenvalue weighted by molar-refractivity contribution is 5.99. The molecular weight excluding hydrogens is 208 g/mol. The van der Waals surface area contributed by atoms with Crippen molar-refractivity contribution in [2.24, 2.45) is 0 Å². The fourth-order valence-corrected chi connectivity index (χ4v) is 3.59. The Bertz CT molecular complexity index is 648. The summed E-state index contributed by atoms with van der Waals surface area (Å²) in [6.45, 7) is 3.40. The van der Waals surface area contributed by atoms with E-state index < -0.39 is 0 Å². The molecule has 0 bridgehead atoms. The largest absolute Gasteiger partial charge is 0.361 e. The molecule has 2 aliphatic rings. The smallest absolute Gasteiger partial charge is 0.0462 e. The van der Waals surface area contributed by atoms with Crippen LogP contribution in [-0.2, 0) is 6.42 Å². The molecule has 1 aromatic carbocycles. The van der Waals surface area contributed by atoms with Gasteiger partial charge < -0.3 is 4.98 Å². The summed E-state index contributed by atoms with van der Waals surface area (Å²) in [5.41, 5.74) is 7.33. The average Bonchev–Trinajstić information content (AvgIpc) is 2.85. The number of aromatic nitrogens is 1. The van der Waals surface area contributed by atoms with Crippen molar-refractivity contribution in [2.45, 2.75) is 19.4 Å². The van der Waals surface area contributed by atoms with Crippen molar-refractivity contribution in [1.82, 2.24) is 9.88 Å². The van der Waals surface area contributed by atoms with Gasteiger partial charge in [-0.05, 0) is 43.2 Å². The Balaban J connectivity index is 2.10. The van der Waals surface area contributed by atoms with Crippen LogP contribution in [0.1, 0.15) is 18.1 Å². The monoisotopic (exact) mass is 224 g/mol. The predicted molar refractivity (Wildman–Crippen MR) is 71.0 cm³/mol. The molecule has 1 atom stereocenters. The Morgan fingerprint density at radius 3 is 3.12 bits per heavy atom. The van der Waals surface area contributed by atoms with Crippen LogP contribution in [0.25, 0.3) is 16.5 Å². The van der Waals surface area contributed by atoms with Crippen molar-refractivity contribution in [1.29, 1.82) is 0 Å². The Hall–Kier alpha value is -1.54. The van der Waals surface area contributed by atoms with E-state index in [9.17, 15) is 0 Å². The van der Waals surface area contributed by atoms with Crippen molar-refractivity contribution >= 4 is 16.5 Å². The van der Waals surface area contributed by atoms with Crippen LogP contribution in [-0.4, -0.2) is 29.5 Å². The summed E-state index contributed by atoms with van der Waals surface area (Å²) >= 11 is 0. The van der Waals surface area contributed by atoms with Gasteiger partial charge in [0.1, 0.15) is 0 Å². The summed E-state index contributed by atoms with van der Waals surface area (Å²) in [7, 11) is 2.24. The van der Waals surface area contributed by atoms with E-state index in [2.05, 4.69) is 48.3 Å². The first-order valence-electron chi connectivity index (χ1n) is 6.25. The molecule has 1 aromatic heterocycles. The van der Waals surface area contributed by atoms with Gasteiger partial charge in [0.2, 0.25) is 0 Å². The summed E-state index contributed by atoms with van der Waals surface area (Å²) < 4.78 is 0. The van der Waals surface area contributed by atoms with Crippen LogP contribution in [0.5, 0.6) is 0 Å². The van der Waals surface area contributed by atoms with Crippen LogP contribution >= 0.6 is 0 Å². The molecule has 4 rings (SSSR count). The standard InChI is InChI=1S/C15H16N2/c1-9-8-17(2)13-6-10-7-16-12-5-3-4-11(14(9)13)15(10)12/h3-5,7,13,16H,6,8H2,1-2H3. The van der Waals surface area contributed by atoms with E-state index in [4.69, 9.17) is 0 Å². The summed E-state index contributed by atoms with van der Waals surface area (Å²) in [6, 6.07) is 7.21. The van der Waals surface area contributed by atoms with Crippen LogP contribution in [0.15, 0.2) is 30.0 Å². The van der Waals surface area contributed by atoms with E-state index in [1.807, 2.05) is 0 Å². The number of hydrogen-bond acceptors (Lipinski definition) is 1. The van der Waals surface area contributed by atoms with Gasteiger partial charge in [-0.3, -0.25) is 4.90 Å². The van der Waals surface area contributed by atoms with E-state index >= 15 is 0 Å². The van der Waals surface area contributed by atoms with Crippen LogP contribution in [0, 0.1) is 0 Å². The highest BCUT2D eigenvalue weighted by Gasteiger charge is 2.34. The minimum absolute atomic E-state index is 0.587. The molecule has 0 radical (unpaired) electrons. The van der Waals surface area contributed by atoms with Crippen molar-refractivity contribution in [2.75, 3.05) is 13.6 Å². The van der Waals surface area contributed by atoms with Gasteiger partial charge in [-0.25, -0.2) is 0 Å². The summed E-state index contributed by atoms with van der Waals surface area (Å²) in [4.78, 5) is 5.87. The lowest BCUT2D eigenvalue weighted by atomic mass is 9.84. The normalized spacial score (nSPS) is 23.5. The minimum atomic E-state index is 0.587. The van der Waals surface area contributed by atoms with Gasteiger partial charge in [0.25, 0.3) is 0 Å². The number of H-pyrrole nitrogens is 1. The van der Waals surface area contributed by atoms with Gasteiger partial charge in [0, 0.05) is 29.7 Å². The highest BCUT2D eigenvalue weighted by Crippen LogP contribution is 2.42. The molecule has 17 heavy (non-hydrogen) atoms. The second kappa shape index (κ2) is 3.02. The lowest BCUT2D eigenvalue weighted by Gasteiger charge is -2.27. The maximum atomic E-state index is 3.40. The number of likely N-dealkylation sites (N-methyl/N-ethyl adjacent to an activating group) is 1. The molecule has 0 fully saturated rings. The Kier molecular flexibility index (Phi) is 1.68. The van der Waals surface area contributed by atoms with E-state index in [1.54, 1.807) is 5.57 Å². The topological polar surface area (TPSA) is 19.0 Å². The van der Waals surface area contributed by atoms with Gasteiger partial charge in [-0.1, -0.05) is 17.7 Å². The number of fused-ring (bicyclic) bond motifs is 2. The molecule has 0 saturated heterocycles. The molecule has 1 aliphatic carbocycles. The molecule has 1 N–H and O–H groups in total. The van der Waals surface area contributed by atoms with E-state index in [0.717, 1.165) is 13.0 Å². The van der Waals surface area contributed by atoms with Crippen LogP contribution in [0.2, 0.25) is 0 Å². The molecule has 1 aliphatic heterocycles. The fourth-order valence-electron chi connectivity index (χ4n) is 3.59. The highest BCUT2D eigenvalue weighted by atomic mass is 15.1. The first-order chi connectivity index (χ1) is 8.25. The molecule has 0 spiro atoms. The SMILES string of the molecule is CC1=C2c3cccc4[nH]cc(c34)CC2N(C)C1. The van der Waals surface area contributed by atoms with Gasteiger partial charge in [-0.2, -0.15) is 0 Å². The number of nitrogens with one attached hydrogen (secondary N) is 1. The molecule has 2 heteroatoms. The van der Waals surface area contributed by atoms with Gasteiger partial charge in [0.15, 0.2) is 0 Å². The maximum absolute atomic E-state index is 3.40. The molecule has 1 unspecified atom stereocenters. The Morgan fingerprint density at radius 2 is 2.24 bits per heavy atom. The summed E-state index contributed by atoms with van der Waals surface area (Å²) in [5, 5.41) is 1.45. The van der Waals surface area contributed by atoms with Crippen molar-refractivity contribution in [3.63, 3.8) is 0 Å². The van der Waals surface area contributed by atoms with Gasteiger partial charge in [0.05, 0.1) is 0 Å². The Labute approximate surface area is 101 Å². The number of hydrogen-bond donors (Lipinski definition) is 1. The molecule has 0 amide bonds. The molecule has 86 valence electrons. The van der Waals surface area contributed by atoms with Crippen LogP contribution in [0.4, 0.5) is 0 Å². The number of aromatic amines is 1. The third kappa shape index (κ3) is 1.09. The zero-order valence-electron chi connectivity index (χ0n) is 10.2. The molecular formula is C15H16N2. The minimum Gasteiger partial charge on any atom is -0.361 e. The third-order valence-corrected chi connectivity index (χ3v) is 4.30. The molecule has 2 aromatic rings. The average molecular weight is 224 g/mol. The van der Waals surface area contributed by atoms with E-state index in [1.165, 1.54) is 27.6 Å². The number of benzene rings is 1. The van der Waals surface area contributed by atoms with Crippen molar-refractivity contribution < 1.29 is 0 Å². The third-order valence-electron chi connectivity index (χ3n) is 4.30. The fraction of sp³-hybridized carbons (Fsp3) is 0.333. The van der Waals surface area contributed by atoms with E-state index in [0.29, 0.717) is 6.04 Å². The Morgan fingerprint density at radius 1 is 1.35 bits per heavy atom. The predicted octanol–water partition coefficient (Wildman–Crippen LogP) is 2.81. The number of nitrogens with zero attached hydrogens (tertiary/aromatic N) is 1. The maximum Gasteiger partial charge on any atom is 0.0462 e. The zero-order chi connectivity index (χ0) is 11.6. The lowest BCUT2D eigenvalue weighted by Crippen LogP contribution is -2.31. The van der Waals surface area contributed by atoms with Gasteiger partial charge in [-0.15, -0.1) is 0 Å². The van der Waals surface area contributed by atoms with Crippen LogP contribution < -0.4 is 0 Å². The zero-order valence-corrected chi connectivity index (χ0v) is 10.2. The molecule has 0 saturated carbocycles. The first kappa shape index (κ1) is 9.49.